The summed E-state index contributed by atoms with van der Waals surface area (Å²) in [5.74, 6) is 0.0426. The monoisotopic (exact) mass is 460 g/mol. The molecule has 0 aliphatic rings. The first-order chi connectivity index (χ1) is 15.1. The van der Waals surface area contributed by atoms with Gasteiger partial charge in [-0.25, -0.2) is 9.67 Å². The second kappa shape index (κ2) is 8.16. The lowest BCUT2D eigenvalue weighted by molar-refractivity contribution is -0.143. The Morgan fingerprint density at radius 1 is 1.12 bits per heavy atom. The van der Waals surface area contributed by atoms with E-state index in [1.807, 2.05) is 0 Å². The van der Waals surface area contributed by atoms with Crippen molar-refractivity contribution >= 4 is 23.2 Å². The molecule has 2 aromatic carbocycles. The highest BCUT2D eigenvalue weighted by Crippen LogP contribution is 2.34. The van der Waals surface area contributed by atoms with E-state index in [-0.39, 0.29) is 16.4 Å². The SMILES string of the molecule is Cc1nc(-c2cccc(NC(=O)c3cnn(-c4cccc(Cl)c4)c3C(F)(F)F)c2)oc1C. The number of aromatic nitrogens is 3. The minimum absolute atomic E-state index is 0.0838. The molecule has 0 aliphatic carbocycles. The van der Waals surface area contributed by atoms with E-state index in [1.54, 1.807) is 38.1 Å². The number of anilines is 1. The first-order valence-electron chi connectivity index (χ1n) is 9.40. The number of amides is 1. The van der Waals surface area contributed by atoms with Gasteiger partial charge in [-0.3, -0.25) is 4.79 Å². The number of nitrogens with zero attached hydrogens (tertiary/aromatic N) is 3. The zero-order valence-electron chi connectivity index (χ0n) is 16.9. The van der Waals surface area contributed by atoms with Crippen LogP contribution < -0.4 is 5.32 Å². The van der Waals surface area contributed by atoms with Crippen molar-refractivity contribution in [3.63, 3.8) is 0 Å². The average Bonchev–Trinajstić information content (AvgIpc) is 3.32. The highest BCUT2D eigenvalue weighted by atomic mass is 35.5. The maximum Gasteiger partial charge on any atom is 0.434 e. The van der Waals surface area contributed by atoms with E-state index in [0.29, 0.717) is 21.9 Å². The molecule has 2 aromatic heterocycles. The zero-order valence-corrected chi connectivity index (χ0v) is 17.6. The lowest BCUT2D eigenvalue weighted by Crippen LogP contribution is -2.20. The van der Waals surface area contributed by atoms with Crippen molar-refractivity contribution < 1.29 is 22.4 Å². The van der Waals surface area contributed by atoms with Crippen LogP contribution in [0.2, 0.25) is 5.02 Å². The van der Waals surface area contributed by atoms with E-state index in [9.17, 15) is 18.0 Å². The summed E-state index contributed by atoms with van der Waals surface area (Å²) in [7, 11) is 0. The molecule has 0 spiro atoms. The predicted octanol–water partition coefficient (Wildman–Crippen LogP) is 6.07. The number of aryl methyl sites for hydroxylation is 2. The van der Waals surface area contributed by atoms with E-state index in [0.717, 1.165) is 11.9 Å². The van der Waals surface area contributed by atoms with Crippen LogP contribution in [0.5, 0.6) is 0 Å². The number of rotatable bonds is 4. The second-order valence-electron chi connectivity index (χ2n) is 6.99. The van der Waals surface area contributed by atoms with Gasteiger partial charge in [-0.1, -0.05) is 23.7 Å². The van der Waals surface area contributed by atoms with E-state index in [2.05, 4.69) is 15.4 Å². The second-order valence-corrected chi connectivity index (χ2v) is 7.43. The van der Waals surface area contributed by atoms with Crippen molar-refractivity contribution in [1.29, 1.82) is 0 Å². The summed E-state index contributed by atoms with van der Waals surface area (Å²) in [6.45, 7) is 3.57. The summed E-state index contributed by atoms with van der Waals surface area (Å²) in [4.78, 5) is 17.1. The average molecular weight is 461 g/mol. The third-order valence-corrected chi connectivity index (χ3v) is 4.97. The molecule has 0 aliphatic heterocycles. The van der Waals surface area contributed by atoms with E-state index < -0.39 is 23.3 Å². The van der Waals surface area contributed by atoms with Crippen LogP contribution in [-0.4, -0.2) is 20.7 Å². The number of carbonyl (C=O) groups is 1. The molecule has 0 fully saturated rings. The number of nitrogens with one attached hydrogen (secondary N) is 1. The van der Waals surface area contributed by atoms with Gasteiger partial charge in [0.2, 0.25) is 5.89 Å². The highest BCUT2D eigenvalue weighted by molar-refractivity contribution is 6.30. The molecular weight excluding hydrogens is 445 g/mol. The molecule has 1 N–H and O–H groups in total. The number of hydrogen-bond donors (Lipinski definition) is 1. The number of benzene rings is 2. The smallest absolute Gasteiger partial charge is 0.434 e. The fourth-order valence-electron chi connectivity index (χ4n) is 3.12. The Morgan fingerprint density at radius 2 is 1.88 bits per heavy atom. The van der Waals surface area contributed by atoms with Gasteiger partial charge in [0, 0.05) is 16.3 Å². The summed E-state index contributed by atoms with van der Waals surface area (Å²) in [5.41, 5.74) is -0.162. The van der Waals surface area contributed by atoms with E-state index in [1.165, 1.54) is 24.3 Å². The zero-order chi connectivity index (χ0) is 23.0. The van der Waals surface area contributed by atoms with Crippen molar-refractivity contribution in [2.24, 2.45) is 0 Å². The number of alkyl halides is 3. The summed E-state index contributed by atoms with van der Waals surface area (Å²) in [6, 6.07) is 12.2. The Balaban J connectivity index is 1.68. The quantitative estimate of drug-likeness (QED) is 0.401. The van der Waals surface area contributed by atoms with Gasteiger partial charge in [-0.05, 0) is 50.2 Å². The first-order valence-corrected chi connectivity index (χ1v) is 9.78. The molecule has 1 amide bonds. The Morgan fingerprint density at radius 3 is 2.53 bits per heavy atom. The molecule has 0 atom stereocenters. The van der Waals surface area contributed by atoms with Crippen molar-refractivity contribution in [3.05, 3.63) is 82.5 Å². The molecule has 2 heterocycles. The minimum Gasteiger partial charge on any atom is -0.441 e. The fraction of sp³-hybridized carbons (Fsp3) is 0.136. The van der Waals surface area contributed by atoms with Gasteiger partial charge < -0.3 is 9.73 Å². The fourth-order valence-corrected chi connectivity index (χ4v) is 3.30. The van der Waals surface area contributed by atoms with Gasteiger partial charge in [0.15, 0.2) is 5.69 Å². The molecule has 164 valence electrons. The number of halogens is 4. The van der Waals surface area contributed by atoms with Crippen molar-refractivity contribution in [3.8, 4) is 17.1 Å². The van der Waals surface area contributed by atoms with Gasteiger partial charge in [-0.2, -0.15) is 18.3 Å². The first kappa shape index (κ1) is 21.6. The van der Waals surface area contributed by atoms with Gasteiger partial charge in [0.05, 0.1) is 23.1 Å². The summed E-state index contributed by atoms with van der Waals surface area (Å²) < 4.78 is 47.8. The molecule has 0 saturated carbocycles. The molecule has 0 radical (unpaired) electrons. The van der Waals surface area contributed by atoms with Crippen LogP contribution in [0.3, 0.4) is 0 Å². The van der Waals surface area contributed by atoms with Gasteiger partial charge in [0.25, 0.3) is 5.91 Å². The van der Waals surface area contributed by atoms with Crippen LogP contribution >= 0.6 is 11.6 Å². The molecule has 32 heavy (non-hydrogen) atoms. The van der Waals surface area contributed by atoms with Crippen LogP contribution in [0.4, 0.5) is 18.9 Å². The van der Waals surface area contributed by atoms with E-state index >= 15 is 0 Å². The van der Waals surface area contributed by atoms with Crippen LogP contribution in [0.25, 0.3) is 17.1 Å². The topological polar surface area (TPSA) is 73.0 Å². The Labute approximate surface area is 185 Å². The highest BCUT2D eigenvalue weighted by Gasteiger charge is 2.40. The standard InChI is InChI=1S/C22H16ClF3N4O2/c1-12-13(2)32-21(28-12)14-5-3-7-16(9-14)29-20(31)18-11-27-30(19(18)22(24,25)26)17-8-4-6-15(23)10-17/h3-11H,1-2H3,(H,29,31). The van der Waals surface area contributed by atoms with Gasteiger partial charge >= 0.3 is 6.18 Å². The molecule has 0 unspecified atom stereocenters. The van der Waals surface area contributed by atoms with Crippen molar-refractivity contribution in [2.45, 2.75) is 20.0 Å². The van der Waals surface area contributed by atoms with Crippen LogP contribution in [0.15, 0.2) is 59.1 Å². The third kappa shape index (κ3) is 4.24. The Kier molecular flexibility index (Phi) is 5.52. The largest absolute Gasteiger partial charge is 0.441 e. The number of hydrogen-bond acceptors (Lipinski definition) is 4. The van der Waals surface area contributed by atoms with Crippen LogP contribution in [0.1, 0.15) is 27.5 Å². The summed E-state index contributed by atoms with van der Waals surface area (Å²) >= 11 is 5.90. The molecule has 0 saturated heterocycles. The lowest BCUT2D eigenvalue weighted by Gasteiger charge is -2.13. The van der Waals surface area contributed by atoms with Crippen molar-refractivity contribution in [1.82, 2.24) is 14.8 Å². The number of carbonyl (C=O) groups excluding carboxylic acids is 1. The number of oxazole rings is 1. The molecule has 4 aromatic rings. The summed E-state index contributed by atoms with van der Waals surface area (Å²) in [6.07, 6.45) is -3.95. The van der Waals surface area contributed by atoms with Crippen molar-refractivity contribution in [2.75, 3.05) is 5.32 Å². The maximum atomic E-state index is 13.9. The predicted molar refractivity (Wildman–Crippen MR) is 113 cm³/mol. The van der Waals surface area contributed by atoms with Gasteiger partial charge in [-0.15, -0.1) is 0 Å². The normalized spacial score (nSPS) is 11.6. The minimum atomic E-state index is -4.83. The van der Waals surface area contributed by atoms with Crippen LogP contribution in [-0.2, 0) is 6.18 Å². The van der Waals surface area contributed by atoms with E-state index in [4.69, 9.17) is 16.0 Å². The van der Waals surface area contributed by atoms with Gasteiger partial charge in [0.1, 0.15) is 5.76 Å². The Bertz CT molecular complexity index is 1290. The molecular formula is C22H16ClF3N4O2. The summed E-state index contributed by atoms with van der Waals surface area (Å²) in [5, 5.41) is 6.52. The lowest BCUT2D eigenvalue weighted by atomic mass is 10.1. The molecule has 4 rings (SSSR count). The Hall–Kier alpha value is -3.59. The molecule has 10 heteroatoms. The molecule has 6 nitrogen and oxygen atoms in total. The molecule has 0 bridgehead atoms. The maximum absolute atomic E-state index is 13.9. The van der Waals surface area contributed by atoms with Crippen LogP contribution in [0, 0.1) is 13.8 Å². The third-order valence-electron chi connectivity index (χ3n) is 4.73.